The second kappa shape index (κ2) is 8.63. The molecule has 3 rings (SSSR count). The van der Waals surface area contributed by atoms with Gasteiger partial charge in [0, 0.05) is 5.02 Å². The molecule has 1 saturated heterocycles. The zero-order valence-electron chi connectivity index (χ0n) is 15.5. The SMILES string of the molecule is COc1ccc(C(c2cccc(Cl)c2)N2CCCCC2C(=O)O)cc1OC. The van der Waals surface area contributed by atoms with Crippen LogP contribution < -0.4 is 9.47 Å². The van der Waals surface area contributed by atoms with Crippen LogP contribution in [-0.2, 0) is 4.79 Å². The van der Waals surface area contributed by atoms with Gasteiger partial charge in [0.2, 0.25) is 0 Å². The van der Waals surface area contributed by atoms with Crippen LogP contribution in [0.2, 0.25) is 5.02 Å². The normalized spacial score (nSPS) is 18.7. The lowest BCUT2D eigenvalue weighted by Crippen LogP contribution is -2.46. The second-order valence-corrected chi connectivity index (χ2v) is 7.10. The van der Waals surface area contributed by atoms with Crippen molar-refractivity contribution in [2.75, 3.05) is 20.8 Å². The van der Waals surface area contributed by atoms with Crippen LogP contribution in [0.5, 0.6) is 11.5 Å². The Morgan fingerprint density at radius 3 is 2.52 bits per heavy atom. The number of piperidine rings is 1. The highest BCUT2D eigenvalue weighted by Crippen LogP contribution is 2.38. The summed E-state index contributed by atoms with van der Waals surface area (Å²) < 4.78 is 10.8. The van der Waals surface area contributed by atoms with Crippen molar-refractivity contribution in [1.82, 2.24) is 4.90 Å². The summed E-state index contributed by atoms with van der Waals surface area (Å²) >= 11 is 6.24. The molecule has 2 unspecified atom stereocenters. The Morgan fingerprint density at radius 2 is 1.85 bits per heavy atom. The van der Waals surface area contributed by atoms with Crippen molar-refractivity contribution < 1.29 is 19.4 Å². The Hall–Kier alpha value is -2.24. The van der Waals surface area contributed by atoms with Gasteiger partial charge < -0.3 is 14.6 Å². The third kappa shape index (κ3) is 4.20. The maximum Gasteiger partial charge on any atom is 0.320 e. The van der Waals surface area contributed by atoms with Crippen LogP contribution >= 0.6 is 11.6 Å². The first kappa shape index (κ1) is 19.5. The molecular formula is C21H24ClNO4. The van der Waals surface area contributed by atoms with Gasteiger partial charge >= 0.3 is 5.97 Å². The standard InChI is InChI=1S/C21H24ClNO4/c1-26-18-10-9-15(13-19(18)27-2)20(14-6-5-7-16(22)12-14)23-11-4-3-8-17(23)21(24)25/h5-7,9-10,12-13,17,20H,3-4,8,11H2,1-2H3,(H,24,25). The quantitative estimate of drug-likeness (QED) is 0.794. The highest BCUT2D eigenvalue weighted by atomic mass is 35.5. The van der Waals surface area contributed by atoms with Gasteiger partial charge in [-0.3, -0.25) is 9.69 Å². The Morgan fingerprint density at radius 1 is 1.11 bits per heavy atom. The number of rotatable bonds is 6. The molecule has 1 aliphatic heterocycles. The topological polar surface area (TPSA) is 59.0 Å². The number of aliphatic carboxylic acids is 1. The van der Waals surface area contributed by atoms with Crippen molar-refractivity contribution in [2.45, 2.75) is 31.3 Å². The van der Waals surface area contributed by atoms with E-state index in [9.17, 15) is 9.90 Å². The molecule has 0 bridgehead atoms. The van der Waals surface area contributed by atoms with Gasteiger partial charge in [-0.2, -0.15) is 0 Å². The van der Waals surface area contributed by atoms with Gasteiger partial charge in [0.15, 0.2) is 11.5 Å². The molecule has 1 N–H and O–H groups in total. The van der Waals surface area contributed by atoms with Gasteiger partial charge in [-0.15, -0.1) is 0 Å². The number of carbonyl (C=O) groups is 1. The average Bonchev–Trinajstić information content (AvgIpc) is 2.68. The van der Waals surface area contributed by atoms with E-state index in [1.165, 1.54) is 0 Å². The number of halogens is 1. The lowest BCUT2D eigenvalue weighted by molar-refractivity contribution is -0.145. The molecule has 0 saturated carbocycles. The molecule has 2 aromatic carbocycles. The summed E-state index contributed by atoms with van der Waals surface area (Å²) in [6, 6.07) is 12.6. The molecule has 6 heteroatoms. The van der Waals surface area contributed by atoms with Gasteiger partial charge in [0.05, 0.1) is 20.3 Å². The minimum Gasteiger partial charge on any atom is -0.493 e. The van der Waals surface area contributed by atoms with Crippen molar-refractivity contribution >= 4 is 17.6 Å². The zero-order valence-corrected chi connectivity index (χ0v) is 16.3. The van der Waals surface area contributed by atoms with Crippen LogP contribution in [0.3, 0.4) is 0 Å². The van der Waals surface area contributed by atoms with E-state index in [1.807, 2.05) is 42.5 Å². The van der Waals surface area contributed by atoms with Gasteiger partial charge in [-0.1, -0.05) is 36.2 Å². The number of hydrogen-bond donors (Lipinski definition) is 1. The van der Waals surface area contributed by atoms with Crippen LogP contribution in [0.1, 0.15) is 36.4 Å². The predicted molar refractivity (Wildman–Crippen MR) is 105 cm³/mol. The van der Waals surface area contributed by atoms with E-state index < -0.39 is 12.0 Å². The van der Waals surface area contributed by atoms with E-state index in [-0.39, 0.29) is 6.04 Å². The highest BCUT2D eigenvalue weighted by Gasteiger charge is 2.35. The number of carboxylic acids is 1. The van der Waals surface area contributed by atoms with Crippen LogP contribution in [0, 0.1) is 0 Å². The lowest BCUT2D eigenvalue weighted by atomic mass is 9.91. The molecule has 2 aromatic rings. The second-order valence-electron chi connectivity index (χ2n) is 6.66. The van der Waals surface area contributed by atoms with E-state index >= 15 is 0 Å². The van der Waals surface area contributed by atoms with Crippen LogP contribution in [0.4, 0.5) is 0 Å². The van der Waals surface area contributed by atoms with Crippen molar-refractivity contribution in [1.29, 1.82) is 0 Å². The maximum atomic E-state index is 11.9. The van der Waals surface area contributed by atoms with Crippen LogP contribution in [0.15, 0.2) is 42.5 Å². The minimum atomic E-state index is -0.790. The lowest BCUT2D eigenvalue weighted by Gasteiger charge is -2.39. The number of nitrogens with zero attached hydrogens (tertiary/aromatic N) is 1. The molecule has 2 atom stereocenters. The van der Waals surface area contributed by atoms with Crippen molar-refractivity contribution in [3.63, 3.8) is 0 Å². The molecule has 0 spiro atoms. The fraction of sp³-hybridized carbons (Fsp3) is 0.381. The molecule has 0 amide bonds. The molecule has 1 aliphatic rings. The predicted octanol–water partition coefficient (Wildman–Crippen LogP) is 4.39. The van der Waals surface area contributed by atoms with Crippen molar-refractivity contribution in [3.05, 3.63) is 58.6 Å². The largest absolute Gasteiger partial charge is 0.493 e. The fourth-order valence-corrected chi connectivity index (χ4v) is 4.00. The molecule has 1 heterocycles. The Balaban J connectivity index is 2.11. The zero-order chi connectivity index (χ0) is 19.4. The Kier molecular flexibility index (Phi) is 6.24. The summed E-state index contributed by atoms with van der Waals surface area (Å²) in [5.74, 6) is 0.465. The summed E-state index contributed by atoms with van der Waals surface area (Å²) in [5, 5.41) is 10.4. The number of benzene rings is 2. The summed E-state index contributed by atoms with van der Waals surface area (Å²) in [4.78, 5) is 14.0. The summed E-state index contributed by atoms with van der Waals surface area (Å²) in [6.45, 7) is 0.711. The first-order valence-electron chi connectivity index (χ1n) is 9.01. The molecule has 1 fully saturated rings. The average molecular weight is 390 g/mol. The molecule has 144 valence electrons. The van der Waals surface area contributed by atoms with Crippen molar-refractivity contribution in [3.8, 4) is 11.5 Å². The van der Waals surface area contributed by atoms with Gasteiger partial charge in [0.1, 0.15) is 6.04 Å². The molecule has 0 aliphatic carbocycles. The van der Waals surface area contributed by atoms with Gasteiger partial charge in [-0.25, -0.2) is 0 Å². The highest BCUT2D eigenvalue weighted by molar-refractivity contribution is 6.30. The first-order chi connectivity index (χ1) is 13.0. The smallest absolute Gasteiger partial charge is 0.320 e. The molecule has 0 aromatic heterocycles. The number of hydrogen-bond acceptors (Lipinski definition) is 4. The van der Waals surface area contributed by atoms with E-state index in [0.717, 1.165) is 24.0 Å². The summed E-state index contributed by atoms with van der Waals surface area (Å²) in [7, 11) is 3.19. The van der Waals surface area contributed by atoms with E-state index in [0.29, 0.717) is 29.5 Å². The number of methoxy groups -OCH3 is 2. The third-order valence-corrected chi connectivity index (χ3v) is 5.28. The molecule has 0 radical (unpaired) electrons. The molecule has 27 heavy (non-hydrogen) atoms. The van der Waals surface area contributed by atoms with E-state index in [2.05, 4.69) is 4.90 Å². The minimum absolute atomic E-state index is 0.232. The molecular weight excluding hydrogens is 366 g/mol. The summed E-state index contributed by atoms with van der Waals surface area (Å²) in [6.07, 6.45) is 2.52. The maximum absolute atomic E-state index is 11.9. The van der Waals surface area contributed by atoms with Gasteiger partial charge in [0.25, 0.3) is 0 Å². The van der Waals surface area contributed by atoms with E-state index in [4.69, 9.17) is 21.1 Å². The third-order valence-electron chi connectivity index (χ3n) is 5.05. The number of ether oxygens (including phenoxy) is 2. The first-order valence-corrected chi connectivity index (χ1v) is 9.39. The molecule has 5 nitrogen and oxygen atoms in total. The Bertz CT molecular complexity index is 811. The van der Waals surface area contributed by atoms with Crippen molar-refractivity contribution in [2.24, 2.45) is 0 Å². The van der Waals surface area contributed by atoms with Crippen LogP contribution in [0.25, 0.3) is 0 Å². The monoisotopic (exact) mass is 389 g/mol. The van der Waals surface area contributed by atoms with Gasteiger partial charge in [-0.05, 0) is 54.8 Å². The number of carboxylic acid groups (broad SMARTS) is 1. The summed E-state index contributed by atoms with van der Waals surface area (Å²) in [5.41, 5.74) is 1.91. The Labute approximate surface area is 164 Å². The number of likely N-dealkylation sites (tertiary alicyclic amines) is 1. The van der Waals surface area contributed by atoms with Crippen LogP contribution in [-0.4, -0.2) is 42.8 Å². The fourth-order valence-electron chi connectivity index (χ4n) is 3.80. The van der Waals surface area contributed by atoms with E-state index in [1.54, 1.807) is 14.2 Å².